The zero-order chi connectivity index (χ0) is 37.2. The number of hydrogen-bond acceptors (Lipinski definition) is 13. The molecule has 0 unspecified atom stereocenters. The molecule has 3 amide bonds. The number of hydroxylamine groups is 2. The van der Waals surface area contributed by atoms with Gasteiger partial charge in [-0.3, -0.25) is 14.4 Å². The minimum atomic E-state index is -5.29. The number of fused-ring (bicyclic) bond motifs is 2. The minimum Gasteiger partial charge on any atom is -0.744 e. The minimum absolute atomic E-state index is 0.0189. The number of hydrogen-bond donors (Lipinski definition) is 2. The van der Waals surface area contributed by atoms with Crippen LogP contribution in [-0.4, -0.2) is 86.3 Å². The highest BCUT2D eigenvalue weighted by molar-refractivity contribution is 7.86. The van der Waals surface area contributed by atoms with E-state index in [1.54, 1.807) is 26.0 Å². The Labute approximate surface area is 292 Å². The number of amides is 3. The summed E-state index contributed by atoms with van der Waals surface area (Å²) in [5, 5.41) is 3.14. The first kappa shape index (κ1) is 37.1. The lowest BCUT2D eigenvalue weighted by atomic mass is 9.90. The van der Waals surface area contributed by atoms with Crippen LogP contribution in [0.3, 0.4) is 0 Å². The third kappa shape index (κ3) is 7.48. The topological polar surface area (TPSA) is 238 Å². The first-order chi connectivity index (χ1) is 24.1. The van der Waals surface area contributed by atoms with Crippen molar-refractivity contribution in [3.63, 3.8) is 0 Å². The Balaban J connectivity index is 1.66. The van der Waals surface area contributed by atoms with Gasteiger partial charge in [0.15, 0.2) is 16.2 Å². The van der Waals surface area contributed by atoms with Crippen LogP contribution in [-0.2, 0) is 39.5 Å². The smallest absolute Gasteiger partial charge is 0.333 e. The van der Waals surface area contributed by atoms with Crippen molar-refractivity contribution in [3.05, 3.63) is 59.5 Å². The van der Waals surface area contributed by atoms with Gasteiger partial charge in [0.05, 0.1) is 5.69 Å². The molecule has 0 radical (unpaired) electrons. The van der Waals surface area contributed by atoms with Crippen molar-refractivity contribution in [2.75, 3.05) is 32.0 Å². The lowest BCUT2D eigenvalue weighted by molar-refractivity contribution is -0.498. The summed E-state index contributed by atoms with van der Waals surface area (Å²) in [6.45, 7) is 3.75. The molecule has 1 aliphatic carbocycles. The monoisotopic (exact) mass is 741 g/mol. The molecule has 5 rings (SSSR count). The molecular weight excluding hydrogens is 709 g/mol. The van der Waals surface area contributed by atoms with Crippen LogP contribution in [0.4, 0.5) is 5.69 Å². The van der Waals surface area contributed by atoms with Gasteiger partial charge in [-0.1, -0.05) is 18.2 Å². The Morgan fingerprint density at radius 2 is 1.61 bits per heavy atom. The lowest BCUT2D eigenvalue weighted by Gasteiger charge is -2.24. The molecular formula is C33H33N4O12S2-. The summed E-state index contributed by atoms with van der Waals surface area (Å²) in [5.41, 5.74) is -0.275. The van der Waals surface area contributed by atoms with E-state index in [9.17, 15) is 45.1 Å². The van der Waals surface area contributed by atoms with Crippen LogP contribution in [0.5, 0.6) is 0 Å². The molecule has 1 saturated heterocycles. The Morgan fingerprint density at radius 3 is 2.24 bits per heavy atom. The molecule has 2 heterocycles. The van der Waals surface area contributed by atoms with Crippen LogP contribution >= 0.6 is 0 Å². The normalized spacial score (nSPS) is 14.1. The van der Waals surface area contributed by atoms with Crippen LogP contribution in [0.15, 0.2) is 62.7 Å². The van der Waals surface area contributed by atoms with Gasteiger partial charge in [-0.25, -0.2) is 26.6 Å². The summed E-state index contributed by atoms with van der Waals surface area (Å²) >= 11 is 0. The van der Waals surface area contributed by atoms with Crippen molar-refractivity contribution in [3.8, 4) is 22.5 Å². The highest BCUT2D eigenvalue weighted by Crippen LogP contribution is 2.46. The summed E-state index contributed by atoms with van der Waals surface area (Å²) < 4.78 is 82.4. The van der Waals surface area contributed by atoms with Gasteiger partial charge in [0, 0.05) is 67.5 Å². The maximum Gasteiger partial charge on any atom is 0.333 e. The third-order valence-corrected chi connectivity index (χ3v) is 9.86. The van der Waals surface area contributed by atoms with Crippen molar-refractivity contribution in [1.29, 1.82) is 0 Å². The van der Waals surface area contributed by atoms with Crippen molar-refractivity contribution < 1.29 is 59.4 Å². The molecule has 0 bridgehead atoms. The van der Waals surface area contributed by atoms with E-state index in [1.807, 2.05) is 0 Å². The highest BCUT2D eigenvalue weighted by Gasteiger charge is 2.33. The molecule has 2 aliphatic heterocycles. The summed E-state index contributed by atoms with van der Waals surface area (Å²) in [5.74, 6) is -3.18. The van der Waals surface area contributed by atoms with Crippen LogP contribution in [0, 0.1) is 0 Å². The number of nitrogens with zero attached hydrogens (tertiary/aromatic N) is 2. The zero-order valence-corrected chi connectivity index (χ0v) is 29.3. The molecule has 16 nitrogen and oxygen atoms in total. The van der Waals surface area contributed by atoms with Crippen LogP contribution in [0.2, 0.25) is 0 Å². The number of anilines is 1. The predicted octanol–water partition coefficient (Wildman–Crippen LogP) is 0.905. The van der Waals surface area contributed by atoms with Crippen LogP contribution in [0.1, 0.15) is 49.9 Å². The van der Waals surface area contributed by atoms with Crippen molar-refractivity contribution in [2.24, 2.45) is 0 Å². The van der Waals surface area contributed by atoms with E-state index in [-0.39, 0.29) is 84.0 Å². The maximum absolute atomic E-state index is 14.0. The number of carbonyl (C=O) groups is 4. The number of rotatable bonds is 12. The van der Waals surface area contributed by atoms with Gasteiger partial charge >= 0.3 is 5.97 Å². The molecule has 2 aromatic rings. The van der Waals surface area contributed by atoms with E-state index < -0.39 is 65.1 Å². The van der Waals surface area contributed by atoms with E-state index >= 15 is 0 Å². The van der Waals surface area contributed by atoms with Crippen LogP contribution in [0.25, 0.3) is 33.4 Å². The van der Waals surface area contributed by atoms with Crippen LogP contribution < -0.4 is 15.7 Å². The molecule has 0 atom stereocenters. The van der Waals surface area contributed by atoms with E-state index in [0.717, 1.165) is 0 Å². The summed E-state index contributed by atoms with van der Waals surface area (Å²) in [4.78, 5) is 57.1. The molecule has 18 heteroatoms. The second-order valence-electron chi connectivity index (χ2n) is 11.5. The molecule has 1 fully saturated rings. The molecule has 2 N–H and O–H groups in total. The molecule has 0 aromatic heterocycles. The van der Waals surface area contributed by atoms with Gasteiger partial charge in [-0.15, -0.1) is 5.06 Å². The lowest BCUT2D eigenvalue weighted by Crippen LogP contribution is -2.76. The first-order valence-corrected chi connectivity index (χ1v) is 18.6. The van der Waals surface area contributed by atoms with E-state index in [0.29, 0.717) is 5.06 Å². The summed E-state index contributed by atoms with van der Waals surface area (Å²) in [6.07, 6.45) is -0.255. The first-order valence-electron chi connectivity index (χ1n) is 15.8. The van der Waals surface area contributed by atoms with Gasteiger partial charge in [0.1, 0.15) is 31.7 Å². The quantitative estimate of drug-likeness (QED) is 0.117. The van der Waals surface area contributed by atoms with Gasteiger partial charge in [-0.05, 0) is 50.1 Å². The molecule has 270 valence electrons. The highest BCUT2D eigenvalue weighted by atomic mass is 32.2. The Morgan fingerprint density at radius 1 is 0.941 bits per heavy atom. The van der Waals surface area contributed by atoms with Gasteiger partial charge in [0.2, 0.25) is 5.36 Å². The average Bonchev–Trinajstić information content (AvgIpc) is 3.37. The number of imide groups is 1. The van der Waals surface area contributed by atoms with Crippen molar-refractivity contribution in [1.82, 2.24) is 9.96 Å². The third-order valence-electron chi connectivity index (χ3n) is 8.05. The van der Waals surface area contributed by atoms with Gasteiger partial charge in [0.25, 0.3) is 17.7 Å². The fourth-order valence-electron chi connectivity index (χ4n) is 5.88. The molecule has 51 heavy (non-hydrogen) atoms. The second kappa shape index (κ2) is 14.6. The summed E-state index contributed by atoms with van der Waals surface area (Å²) in [6, 6.07) is 11.8. The standard InChI is InChI=1S/C33H34N4O12S2/c1-4-34-23-14-12-21-28(22-13-15-24(35-5-2)32(51(45,46)47)30(22)48-29(21)31(23)50(42,43)44)19-9-6-7-10-20(19)33(41)36(3)18-8-11-27(40)49-37-25(38)16-17-26(37)39/h6-7,9-10,12-15,34H,4-5,8,11,16-18H2,1-3H3,(H,42,43,44)(H,45,46,47)/p-1. The Kier molecular flexibility index (Phi) is 10.6. The largest absolute Gasteiger partial charge is 0.744 e. The van der Waals surface area contributed by atoms with Gasteiger partial charge in [-0.2, -0.15) is 0 Å². The zero-order valence-electron chi connectivity index (χ0n) is 27.7. The van der Waals surface area contributed by atoms with Crippen molar-refractivity contribution in [2.45, 2.75) is 49.3 Å². The molecule has 3 aliphatic rings. The average molecular weight is 742 g/mol. The number of nitrogens with one attached hydrogen (secondary N) is 2. The van der Waals surface area contributed by atoms with Gasteiger partial charge < -0.3 is 28.6 Å². The fraction of sp³-hybridized carbons (Fsp3) is 0.303. The maximum atomic E-state index is 14.0. The molecule has 2 aromatic carbocycles. The Bertz CT molecular complexity index is 2320. The van der Waals surface area contributed by atoms with E-state index in [1.165, 1.54) is 48.3 Å². The fourth-order valence-corrected chi connectivity index (χ4v) is 7.45. The van der Waals surface area contributed by atoms with Crippen molar-refractivity contribution >= 4 is 60.6 Å². The van der Waals surface area contributed by atoms with E-state index in [2.05, 4.69) is 10.3 Å². The van der Waals surface area contributed by atoms with E-state index in [4.69, 9.17) is 9.25 Å². The SMILES string of the molecule is CCNc1ccc2c(-c3ccccc3C(=O)N(C)CCCC(=O)ON3C(=O)CCC3=O)c3ccc(=[NH+]CC)c(S(=O)(=O)[O-])c-3oc2c1S(=O)(=O)[O-]. The molecule has 0 saturated carbocycles. The number of benzene rings is 3. The second-order valence-corrected chi connectivity index (χ2v) is 14.1. The number of carbonyl (C=O) groups excluding carboxylic acids is 4. The molecule has 0 spiro atoms. The predicted molar refractivity (Wildman–Crippen MR) is 176 cm³/mol. The Hall–Kier alpha value is -5.17. The summed E-state index contributed by atoms with van der Waals surface area (Å²) in [7, 11) is -9.12.